The first kappa shape index (κ1) is 15.6. The molecule has 0 aliphatic rings. The fourth-order valence-corrected chi connectivity index (χ4v) is 2.20. The Morgan fingerprint density at radius 1 is 1.22 bits per heavy atom. The lowest BCUT2D eigenvalue weighted by molar-refractivity contribution is 0.0992. The van der Waals surface area contributed by atoms with Crippen molar-refractivity contribution in [2.45, 2.75) is 19.2 Å². The van der Waals surface area contributed by atoms with E-state index in [1.54, 1.807) is 7.11 Å². The minimum absolute atomic E-state index is 0.439. The molecule has 0 spiro atoms. The van der Waals surface area contributed by atoms with Gasteiger partial charge in [0.15, 0.2) is 11.5 Å². The van der Waals surface area contributed by atoms with Gasteiger partial charge in [0, 0.05) is 12.5 Å². The third kappa shape index (κ3) is 4.67. The monoisotopic (exact) mass is 336 g/mol. The summed E-state index contributed by atoms with van der Waals surface area (Å²) in [6.07, 6.45) is 1.01. The average Bonchev–Trinajstić information content (AvgIpc) is 2.39. The number of methoxy groups -OCH3 is 1. The van der Waals surface area contributed by atoms with E-state index in [1.807, 2.05) is 12.1 Å². The molecule has 0 N–H and O–H groups in total. The second-order valence-electron chi connectivity index (χ2n) is 3.70. The van der Waals surface area contributed by atoms with Crippen molar-refractivity contribution in [2.24, 2.45) is 0 Å². The summed E-state index contributed by atoms with van der Waals surface area (Å²) in [7, 11) is 1.61. The number of hydrogen-bond acceptors (Lipinski definition) is 3. The highest BCUT2D eigenvalue weighted by Crippen LogP contribution is 2.36. The summed E-state index contributed by atoms with van der Waals surface area (Å²) in [5.74, 6) is 1.80. The van der Waals surface area contributed by atoms with Crippen LogP contribution in [0.1, 0.15) is 18.9 Å². The molecule has 0 unspecified atom stereocenters. The van der Waals surface area contributed by atoms with Gasteiger partial charge in [0.05, 0.1) is 18.2 Å². The fourth-order valence-electron chi connectivity index (χ4n) is 1.44. The summed E-state index contributed by atoms with van der Waals surface area (Å²) in [5.41, 5.74) is 0.981. The van der Waals surface area contributed by atoms with Crippen molar-refractivity contribution in [1.82, 2.24) is 0 Å². The molecule has 5 heteroatoms. The van der Waals surface area contributed by atoms with Gasteiger partial charge in [-0.1, -0.05) is 6.92 Å². The molecule has 0 bridgehead atoms. The molecule has 0 aliphatic heterocycles. The van der Waals surface area contributed by atoms with Gasteiger partial charge >= 0.3 is 0 Å². The predicted molar refractivity (Wildman–Crippen MR) is 76.9 cm³/mol. The van der Waals surface area contributed by atoms with E-state index in [4.69, 9.17) is 25.8 Å². The van der Waals surface area contributed by atoms with Crippen LogP contribution in [0.3, 0.4) is 0 Å². The van der Waals surface area contributed by atoms with Crippen molar-refractivity contribution in [3.05, 3.63) is 22.2 Å². The van der Waals surface area contributed by atoms with Crippen molar-refractivity contribution in [1.29, 1.82) is 0 Å². The lowest BCUT2D eigenvalue weighted by atomic mass is 10.2. The number of benzene rings is 1. The van der Waals surface area contributed by atoms with Gasteiger partial charge in [0.2, 0.25) is 0 Å². The third-order valence-electron chi connectivity index (χ3n) is 2.27. The first-order valence-corrected chi connectivity index (χ1v) is 7.18. The van der Waals surface area contributed by atoms with Crippen LogP contribution in [-0.4, -0.2) is 26.9 Å². The van der Waals surface area contributed by atoms with Gasteiger partial charge in [-0.2, -0.15) is 0 Å². The highest BCUT2D eigenvalue weighted by molar-refractivity contribution is 9.10. The third-order valence-corrected chi connectivity index (χ3v) is 3.16. The molecule has 0 heterocycles. The van der Waals surface area contributed by atoms with Gasteiger partial charge in [-0.05, 0) is 40.0 Å². The molecule has 0 fully saturated rings. The molecule has 1 aromatic carbocycles. The molecule has 0 saturated carbocycles. The SMILES string of the molecule is CCCOCCOc1c(Br)cc(CCl)cc1OC. The number of alkyl halides is 1. The molecule has 3 nitrogen and oxygen atoms in total. The van der Waals surface area contributed by atoms with Crippen molar-refractivity contribution in [3.63, 3.8) is 0 Å². The van der Waals surface area contributed by atoms with Crippen LogP contribution in [0, 0.1) is 0 Å². The van der Waals surface area contributed by atoms with Crippen LogP contribution in [0.5, 0.6) is 11.5 Å². The van der Waals surface area contributed by atoms with Crippen LogP contribution >= 0.6 is 27.5 Å². The maximum absolute atomic E-state index is 5.80. The van der Waals surface area contributed by atoms with Crippen molar-refractivity contribution in [3.8, 4) is 11.5 Å². The maximum Gasteiger partial charge on any atom is 0.175 e. The molecule has 1 rings (SSSR count). The Balaban J connectivity index is 2.63. The fraction of sp³-hybridized carbons (Fsp3) is 0.538. The van der Waals surface area contributed by atoms with E-state index in [2.05, 4.69) is 22.9 Å². The quantitative estimate of drug-likeness (QED) is 0.530. The summed E-state index contributed by atoms with van der Waals surface area (Å²) in [5, 5.41) is 0. The van der Waals surface area contributed by atoms with Gasteiger partial charge in [-0.3, -0.25) is 0 Å². The van der Waals surface area contributed by atoms with E-state index in [-0.39, 0.29) is 0 Å². The van der Waals surface area contributed by atoms with Gasteiger partial charge in [-0.25, -0.2) is 0 Å². The Morgan fingerprint density at radius 2 is 2.00 bits per heavy atom. The zero-order valence-corrected chi connectivity index (χ0v) is 13.0. The van der Waals surface area contributed by atoms with Crippen LogP contribution in [0.25, 0.3) is 0 Å². The van der Waals surface area contributed by atoms with E-state index in [1.165, 1.54) is 0 Å². The molecule has 0 atom stereocenters. The van der Waals surface area contributed by atoms with Gasteiger partial charge in [0.25, 0.3) is 0 Å². The summed E-state index contributed by atoms with van der Waals surface area (Å²) in [6.45, 7) is 3.90. The molecular weight excluding hydrogens is 319 g/mol. The predicted octanol–water partition coefficient (Wildman–Crippen LogP) is 4.00. The zero-order valence-electron chi connectivity index (χ0n) is 10.7. The van der Waals surface area contributed by atoms with Crippen LogP contribution in [0.2, 0.25) is 0 Å². The smallest absolute Gasteiger partial charge is 0.175 e. The number of ether oxygens (including phenoxy) is 3. The standard InChI is InChI=1S/C13H18BrClO3/c1-3-4-17-5-6-18-13-11(14)7-10(9-15)8-12(13)16-2/h7-8H,3-6,9H2,1-2H3. The molecule has 1 aromatic rings. The molecule has 0 aromatic heterocycles. The topological polar surface area (TPSA) is 27.7 Å². The Morgan fingerprint density at radius 3 is 2.61 bits per heavy atom. The average molecular weight is 338 g/mol. The van der Waals surface area contributed by atoms with Crippen LogP contribution in [-0.2, 0) is 10.6 Å². The van der Waals surface area contributed by atoms with Crippen LogP contribution in [0.15, 0.2) is 16.6 Å². The number of halogens is 2. The lowest BCUT2D eigenvalue weighted by Gasteiger charge is -2.13. The van der Waals surface area contributed by atoms with Crippen molar-refractivity contribution >= 4 is 27.5 Å². The highest BCUT2D eigenvalue weighted by atomic mass is 79.9. The van der Waals surface area contributed by atoms with E-state index in [0.29, 0.717) is 30.6 Å². The number of hydrogen-bond donors (Lipinski definition) is 0. The first-order valence-electron chi connectivity index (χ1n) is 5.85. The minimum Gasteiger partial charge on any atom is -0.493 e. The summed E-state index contributed by atoms with van der Waals surface area (Å²) in [6, 6.07) is 3.80. The van der Waals surface area contributed by atoms with E-state index >= 15 is 0 Å². The van der Waals surface area contributed by atoms with E-state index in [0.717, 1.165) is 23.1 Å². The summed E-state index contributed by atoms with van der Waals surface area (Å²) < 4.78 is 17.2. The van der Waals surface area contributed by atoms with Crippen molar-refractivity contribution in [2.75, 3.05) is 26.9 Å². The Labute approximate surface area is 121 Å². The molecule has 0 saturated heterocycles. The Hall–Kier alpha value is -0.450. The van der Waals surface area contributed by atoms with Gasteiger partial charge in [0.1, 0.15) is 6.61 Å². The van der Waals surface area contributed by atoms with Crippen LogP contribution in [0.4, 0.5) is 0 Å². The van der Waals surface area contributed by atoms with E-state index in [9.17, 15) is 0 Å². The Bertz CT molecular complexity index is 371. The maximum atomic E-state index is 5.80. The molecular formula is C13H18BrClO3. The molecule has 0 amide bonds. The second-order valence-corrected chi connectivity index (χ2v) is 4.83. The first-order chi connectivity index (χ1) is 8.72. The Kier molecular flexibility index (Phi) is 7.47. The number of rotatable bonds is 8. The highest BCUT2D eigenvalue weighted by Gasteiger charge is 2.11. The normalized spacial score (nSPS) is 10.4. The summed E-state index contributed by atoms with van der Waals surface area (Å²) >= 11 is 9.26. The van der Waals surface area contributed by atoms with Crippen molar-refractivity contribution < 1.29 is 14.2 Å². The molecule has 102 valence electrons. The second kappa shape index (κ2) is 8.62. The minimum atomic E-state index is 0.439. The van der Waals surface area contributed by atoms with Gasteiger partial charge in [-0.15, -0.1) is 11.6 Å². The lowest BCUT2D eigenvalue weighted by Crippen LogP contribution is -2.08. The van der Waals surface area contributed by atoms with Gasteiger partial charge < -0.3 is 14.2 Å². The summed E-state index contributed by atoms with van der Waals surface area (Å²) in [4.78, 5) is 0. The van der Waals surface area contributed by atoms with Crippen LogP contribution < -0.4 is 9.47 Å². The molecule has 0 aliphatic carbocycles. The molecule has 18 heavy (non-hydrogen) atoms. The van der Waals surface area contributed by atoms with E-state index < -0.39 is 0 Å². The molecule has 0 radical (unpaired) electrons. The zero-order chi connectivity index (χ0) is 13.4. The largest absolute Gasteiger partial charge is 0.493 e.